The quantitative estimate of drug-likeness (QED) is 0.925. The Morgan fingerprint density at radius 3 is 2.53 bits per heavy atom. The van der Waals surface area contributed by atoms with Gasteiger partial charge in [-0.25, -0.2) is 4.39 Å². The molecule has 100 valence electrons. The number of rotatable bonds is 4. The van der Waals surface area contributed by atoms with Crippen LogP contribution in [0.5, 0.6) is 5.75 Å². The van der Waals surface area contributed by atoms with Crippen molar-refractivity contribution in [3.8, 4) is 5.75 Å². The molecule has 0 aromatic heterocycles. The lowest BCUT2D eigenvalue weighted by Crippen LogP contribution is -2.03. The molecular weight excluding hydrogens is 311 g/mol. The van der Waals surface area contributed by atoms with Gasteiger partial charge in [0, 0.05) is 10.9 Å². The number of aliphatic hydroxyl groups is 1. The lowest BCUT2D eigenvalue weighted by molar-refractivity contribution is 0.177. The predicted molar refractivity (Wildman–Crippen MR) is 75.8 cm³/mol. The number of halogens is 2. The minimum atomic E-state index is -0.741. The smallest absolute Gasteiger partial charge is 0.126 e. The van der Waals surface area contributed by atoms with Crippen molar-refractivity contribution in [1.29, 1.82) is 0 Å². The SMILES string of the molecule is COc1ccc(C(O)Cc2cc(Br)ccc2F)cc1. The lowest BCUT2D eigenvalue weighted by Gasteiger charge is -2.12. The number of hydrogen-bond donors (Lipinski definition) is 1. The minimum absolute atomic E-state index is 0.234. The van der Waals surface area contributed by atoms with Gasteiger partial charge in [-0.15, -0.1) is 0 Å². The molecule has 1 N–H and O–H groups in total. The Labute approximate surface area is 120 Å². The van der Waals surface area contributed by atoms with Crippen LogP contribution in [0.1, 0.15) is 17.2 Å². The Kier molecular flexibility index (Phi) is 4.56. The molecule has 0 fully saturated rings. The van der Waals surface area contributed by atoms with Gasteiger partial charge < -0.3 is 9.84 Å². The maximum absolute atomic E-state index is 13.6. The highest BCUT2D eigenvalue weighted by Gasteiger charge is 2.12. The van der Waals surface area contributed by atoms with Crippen molar-refractivity contribution in [3.63, 3.8) is 0 Å². The van der Waals surface area contributed by atoms with E-state index in [9.17, 15) is 9.50 Å². The van der Waals surface area contributed by atoms with Gasteiger partial charge in [0.25, 0.3) is 0 Å². The third-order valence-electron chi connectivity index (χ3n) is 2.92. The van der Waals surface area contributed by atoms with Gasteiger partial charge in [0.2, 0.25) is 0 Å². The fourth-order valence-electron chi connectivity index (χ4n) is 1.85. The molecule has 0 saturated heterocycles. The summed E-state index contributed by atoms with van der Waals surface area (Å²) in [6.45, 7) is 0. The Balaban J connectivity index is 2.15. The summed E-state index contributed by atoms with van der Waals surface area (Å²) < 4.78 is 19.5. The van der Waals surface area contributed by atoms with E-state index in [2.05, 4.69) is 15.9 Å². The Morgan fingerprint density at radius 1 is 1.21 bits per heavy atom. The monoisotopic (exact) mass is 324 g/mol. The number of ether oxygens (including phenoxy) is 1. The number of benzene rings is 2. The minimum Gasteiger partial charge on any atom is -0.497 e. The molecule has 2 nitrogen and oxygen atoms in total. The topological polar surface area (TPSA) is 29.5 Å². The van der Waals surface area contributed by atoms with Crippen LogP contribution >= 0.6 is 15.9 Å². The Bertz CT molecular complexity index is 555. The Morgan fingerprint density at radius 2 is 1.89 bits per heavy atom. The van der Waals surface area contributed by atoms with Gasteiger partial charge in [0.1, 0.15) is 11.6 Å². The summed E-state index contributed by atoms with van der Waals surface area (Å²) in [5.74, 6) is 0.417. The van der Waals surface area contributed by atoms with E-state index in [0.29, 0.717) is 5.56 Å². The molecule has 0 amide bonds. The first kappa shape index (κ1) is 14.0. The molecule has 19 heavy (non-hydrogen) atoms. The standard InChI is InChI=1S/C15H14BrFO2/c1-19-13-5-2-10(3-6-13)15(18)9-11-8-12(16)4-7-14(11)17/h2-8,15,18H,9H2,1H3. The summed E-state index contributed by atoms with van der Waals surface area (Å²) in [6, 6.07) is 11.8. The number of methoxy groups -OCH3 is 1. The van der Waals surface area contributed by atoms with E-state index < -0.39 is 6.10 Å². The molecule has 2 rings (SSSR count). The normalized spacial score (nSPS) is 12.2. The summed E-state index contributed by atoms with van der Waals surface area (Å²) >= 11 is 3.30. The van der Waals surface area contributed by atoms with Crippen LogP contribution in [0, 0.1) is 5.82 Å². The fraction of sp³-hybridized carbons (Fsp3) is 0.200. The molecular formula is C15H14BrFO2. The molecule has 0 bridgehead atoms. The molecule has 0 saturated carbocycles. The third-order valence-corrected chi connectivity index (χ3v) is 3.41. The van der Waals surface area contributed by atoms with E-state index >= 15 is 0 Å². The van der Waals surface area contributed by atoms with Crippen LogP contribution in [0.4, 0.5) is 4.39 Å². The average Bonchev–Trinajstić information content (AvgIpc) is 2.43. The first-order valence-electron chi connectivity index (χ1n) is 5.86. The first-order chi connectivity index (χ1) is 9.10. The molecule has 2 aromatic rings. The van der Waals surface area contributed by atoms with Gasteiger partial charge in [-0.05, 0) is 41.5 Å². The number of hydrogen-bond acceptors (Lipinski definition) is 2. The molecule has 0 aliphatic rings. The summed E-state index contributed by atoms with van der Waals surface area (Å²) in [6.07, 6.45) is -0.507. The van der Waals surface area contributed by atoms with Gasteiger partial charge in [-0.2, -0.15) is 0 Å². The van der Waals surface area contributed by atoms with Gasteiger partial charge in [0.05, 0.1) is 13.2 Å². The van der Waals surface area contributed by atoms with Crippen molar-refractivity contribution in [2.24, 2.45) is 0 Å². The average molecular weight is 325 g/mol. The lowest BCUT2D eigenvalue weighted by atomic mass is 10.0. The van der Waals surface area contributed by atoms with Gasteiger partial charge in [0.15, 0.2) is 0 Å². The van der Waals surface area contributed by atoms with Crippen LogP contribution in [0.3, 0.4) is 0 Å². The summed E-state index contributed by atoms with van der Waals surface area (Å²) in [7, 11) is 1.59. The van der Waals surface area contributed by atoms with E-state index in [1.54, 1.807) is 43.5 Å². The van der Waals surface area contributed by atoms with E-state index in [1.807, 2.05) is 0 Å². The summed E-state index contributed by atoms with van der Waals surface area (Å²) in [4.78, 5) is 0. The van der Waals surface area contributed by atoms with E-state index in [1.165, 1.54) is 6.07 Å². The zero-order chi connectivity index (χ0) is 13.8. The van der Waals surface area contributed by atoms with Gasteiger partial charge in [-0.3, -0.25) is 0 Å². The fourth-order valence-corrected chi connectivity index (χ4v) is 2.26. The highest BCUT2D eigenvalue weighted by Crippen LogP contribution is 2.24. The van der Waals surface area contributed by atoms with Crippen molar-refractivity contribution in [2.45, 2.75) is 12.5 Å². The first-order valence-corrected chi connectivity index (χ1v) is 6.65. The highest BCUT2D eigenvalue weighted by atomic mass is 79.9. The van der Waals surface area contributed by atoms with Crippen molar-refractivity contribution >= 4 is 15.9 Å². The molecule has 4 heteroatoms. The molecule has 0 heterocycles. The van der Waals surface area contributed by atoms with E-state index in [4.69, 9.17) is 4.74 Å². The second kappa shape index (κ2) is 6.17. The predicted octanol–water partition coefficient (Wildman–Crippen LogP) is 3.87. The van der Waals surface area contributed by atoms with Crippen LogP contribution in [0.25, 0.3) is 0 Å². The maximum atomic E-state index is 13.6. The van der Waals surface area contributed by atoms with Crippen LogP contribution < -0.4 is 4.74 Å². The maximum Gasteiger partial charge on any atom is 0.126 e. The van der Waals surface area contributed by atoms with Gasteiger partial charge >= 0.3 is 0 Å². The summed E-state index contributed by atoms with van der Waals surface area (Å²) in [5.41, 5.74) is 1.22. The van der Waals surface area contributed by atoms with Crippen molar-refractivity contribution in [1.82, 2.24) is 0 Å². The molecule has 2 aromatic carbocycles. The van der Waals surface area contributed by atoms with E-state index in [0.717, 1.165) is 15.8 Å². The molecule has 1 atom stereocenters. The van der Waals surface area contributed by atoms with Crippen molar-refractivity contribution in [3.05, 3.63) is 63.9 Å². The second-order valence-electron chi connectivity index (χ2n) is 4.23. The molecule has 0 aliphatic heterocycles. The van der Waals surface area contributed by atoms with Crippen LogP contribution in [-0.2, 0) is 6.42 Å². The largest absolute Gasteiger partial charge is 0.497 e. The van der Waals surface area contributed by atoms with Crippen molar-refractivity contribution in [2.75, 3.05) is 7.11 Å². The zero-order valence-electron chi connectivity index (χ0n) is 10.4. The van der Waals surface area contributed by atoms with Gasteiger partial charge in [-0.1, -0.05) is 28.1 Å². The molecule has 0 radical (unpaired) electrons. The third kappa shape index (κ3) is 3.55. The zero-order valence-corrected chi connectivity index (χ0v) is 12.0. The van der Waals surface area contributed by atoms with E-state index in [-0.39, 0.29) is 12.2 Å². The second-order valence-corrected chi connectivity index (χ2v) is 5.14. The highest BCUT2D eigenvalue weighted by molar-refractivity contribution is 9.10. The van der Waals surface area contributed by atoms with Crippen LogP contribution in [0.15, 0.2) is 46.9 Å². The number of aliphatic hydroxyl groups excluding tert-OH is 1. The molecule has 1 unspecified atom stereocenters. The molecule has 0 spiro atoms. The summed E-state index contributed by atoms with van der Waals surface area (Å²) in [5, 5.41) is 10.1. The van der Waals surface area contributed by atoms with Crippen molar-refractivity contribution < 1.29 is 14.2 Å². The molecule has 0 aliphatic carbocycles. The Hall–Kier alpha value is -1.39. The van der Waals surface area contributed by atoms with Crippen LogP contribution in [0.2, 0.25) is 0 Å². The van der Waals surface area contributed by atoms with Crippen LogP contribution in [-0.4, -0.2) is 12.2 Å².